The minimum absolute atomic E-state index is 0.384. The normalized spacial score (nSPS) is 10.7. The van der Waals surface area contributed by atoms with E-state index in [9.17, 15) is 0 Å². The molecule has 0 fully saturated rings. The van der Waals surface area contributed by atoms with E-state index in [0.717, 1.165) is 0 Å². The maximum atomic E-state index is 8.94. The van der Waals surface area contributed by atoms with Crippen LogP contribution in [0.25, 0.3) is 0 Å². The van der Waals surface area contributed by atoms with Gasteiger partial charge in [-0.25, -0.2) is 0 Å². The van der Waals surface area contributed by atoms with Gasteiger partial charge in [0, 0.05) is 11.8 Å². The molecule has 0 atom stereocenters. The number of nitrogens with one attached hydrogen (secondary N) is 3. The summed E-state index contributed by atoms with van der Waals surface area (Å²) in [4.78, 5) is 0. The summed E-state index contributed by atoms with van der Waals surface area (Å²) in [7, 11) is 0. The summed E-state index contributed by atoms with van der Waals surface area (Å²) in [5.74, 6) is 1.15. The lowest BCUT2D eigenvalue weighted by Gasteiger charge is -2.23. The lowest BCUT2D eigenvalue weighted by molar-refractivity contribution is 0.382. The molecule has 0 saturated carbocycles. The van der Waals surface area contributed by atoms with Crippen LogP contribution in [0.1, 0.15) is 0 Å². The van der Waals surface area contributed by atoms with Gasteiger partial charge in [0.15, 0.2) is 0 Å². The first kappa shape index (κ1) is 20.7. The Balaban J connectivity index is 1.85. The smallest absolute Gasteiger partial charge is 0.407 e. The number of hydrogen-bond acceptors (Lipinski definition) is 10. The van der Waals surface area contributed by atoms with Gasteiger partial charge < -0.3 is 13.6 Å². The number of rotatable bonds is 9. The molecule has 0 aliphatic heterocycles. The molecule has 0 radical (unpaired) electrons. The van der Waals surface area contributed by atoms with Gasteiger partial charge in [-0.2, -0.15) is 0 Å². The predicted molar refractivity (Wildman–Crippen MR) is 112 cm³/mol. The van der Waals surface area contributed by atoms with Crippen LogP contribution in [0.2, 0.25) is 0 Å². The van der Waals surface area contributed by atoms with Gasteiger partial charge in [-0.1, -0.05) is 0 Å². The third-order valence-electron chi connectivity index (χ3n) is 3.60. The lowest BCUT2D eigenvalue weighted by Crippen LogP contribution is -2.07. The van der Waals surface area contributed by atoms with Crippen molar-refractivity contribution < 1.29 is 29.2 Å². The fourth-order valence-corrected chi connectivity index (χ4v) is 4.24. The van der Waals surface area contributed by atoms with Gasteiger partial charge in [-0.15, -0.1) is 0 Å². The molecule has 0 saturated heterocycles. The molecule has 11 heteroatoms. The zero-order chi connectivity index (χ0) is 20.7. The van der Waals surface area contributed by atoms with E-state index >= 15 is 0 Å². The van der Waals surface area contributed by atoms with Gasteiger partial charge in [-0.05, 0) is 72.8 Å². The monoisotopic (exact) mass is 435 g/mol. The Bertz CT molecular complexity index is 843. The quantitative estimate of drug-likeness (QED) is 0.205. The van der Waals surface area contributed by atoms with E-state index in [2.05, 4.69) is 0 Å². The van der Waals surface area contributed by atoms with Crippen molar-refractivity contribution in [3.05, 3.63) is 72.8 Å². The Labute approximate surface area is 171 Å². The molecule has 0 heterocycles. The van der Waals surface area contributed by atoms with E-state index in [1.165, 1.54) is 0 Å². The van der Waals surface area contributed by atoms with Crippen molar-refractivity contribution in [1.82, 2.24) is 0 Å². The van der Waals surface area contributed by atoms with E-state index < -0.39 is 6.72 Å². The number of benzene rings is 3. The van der Waals surface area contributed by atoms with Crippen molar-refractivity contribution in [2.45, 2.75) is 0 Å². The van der Waals surface area contributed by atoms with Crippen LogP contribution in [-0.2, 0) is 11.8 Å². The molecule has 6 N–H and O–H groups in total. The Hall–Kier alpha value is -3.01. The zero-order valence-corrected chi connectivity index (χ0v) is 16.6. The maximum Gasteiger partial charge on any atom is 0.490 e. The highest BCUT2D eigenvalue weighted by Gasteiger charge is 2.27. The van der Waals surface area contributed by atoms with E-state index in [1.807, 2.05) is 16.4 Å². The third kappa shape index (κ3) is 5.74. The molecule has 3 aromatic rings. The van der Waals surface area contributed by atoms with Crippen LogP contribution in [0.3, 0.4) is 0 Å². The Morgan fingerprint density at radius 2 is 0.759 bits per heavy atom. The van der Waals surface area contributed by atoms with Gasteiger partial charge >= 0.3 is 6.72 Å². The van der Waals surface area contributed by atoms with Gasteiger partial charge in [0.05, 0.1) is 17.1 Å². The van der Waals surface area contributed by atoms with E-state index in [4.69, 9.17) is 41.0 Å². The second-order valence-corrected chi connectivity index (χ2v) is 8.41. The highest BCUT2D eigenvalue weighted by Crippen LogP contribution is 2.50. The van der Waals surface area contributed by atoms with Gasteiger partial charge in [0.25, 0.3) is 0 Å². The second-order valence-electron chi connectivity index (χ2n) is 5.63. The Kier molecular flexibility index (Phi) is 6.76. The van der Waals surface area contributed by atoms with Gasteiger partial charge in [-0.3, -0.25) is 32.1 Å². The fraction of sp³-hybridized carbons (Fsp3) is 0. The molecule has 0 bridgehead atoms. The molecule has 0 unspecified atom stereocenters. The Morgan fingerprint density at radius 1 is 0.517 bits per heavy atom. The van der Waals surface area contributed by atoms with Crippen LogP contribution >= 0.6 is 6.72 Å². The highest BCUT2D eigenvalue weighted by molar-refractivity contribution is 8.08. The molecule has 0 aliphatic carbocycles. The molecule has 0 aliphatic rings. The van der Waals surface area contributed by atoms with Gasteiger partial charge in [0.2, 0.25) is 0 Å². The topological polar surface area (TPSA) is 124 Å². The molecule has 3 rings (SSSR count). The van der Waals surface area contributed by atoms with Crippen LogP contribution < -0.4 is 30.0 Å². The first-order valence-corrected chi connectivity index (χ1v) is 10.8. The molecule has 152 valence electrons. The molecular formula is C18H18N3O6PS. The SMILES string of the molecule is ONc1ccc(OP(=S)(Oc2ccc(NO)cc2)Oc2ccc(NO)cc2)cc1. The zero-order valence-electron chi connectivity index (χ0n) is 14.9. The lowest BCUT2D eigenvalue weighted by atomic mass is 10.3. The standard InChI is InChI=1S/C18H18N3O6PS/c22-19-13-1-7-16(8-2-13)25-28(29,26-17-9-3-14(20-23)4-10-17)27-18-11-5-15(21-24)6-12-18/h1-12,19-24H. The molecule has 9 nitrogen and oxygen atoms in total. The highest BCUT2D eigenvalue weighted by atomic mass is 32.5. The summed E-state index contributed by atoms with van der Waals surface area (Å²) in [6, 6.07) is 19.2. The van der Waals surface area contributed by atoms with Crippen LogP contribution in [0.15, 0.2) is 72.8 Å². The minimum Gasteiger partial charge on any atom is -0.407 e. The van der Waals surface area contributed by atoms with Crippen molar-refractivity contribution in [3.63, 3.8) is 0 Å². The fourth-order valence-electron chi connectivity index (χ4n) is 2.21. The summed E-state index contributed by atoms with van der Waals surface area (Å²) in [6.45, 7) is -3.37. The molecule has 0 amide bonds. The summed E-state index contributed by atoms with van der Waals surface area (Å²) in [5, 5.41) is 26.8. The predicted octanol–water partition coefficient (Wildman–Crippen LogP) is 4.85. The Morgan fingerprint density at radius 3 is 0.966 bits per heavy atom. The van der Waals surface area contributed by atoms with Crippen LogP contribution in [0.5, 0.6) is 17.2 Å². The van der Waals surface area contributed by atoms with Crippen molar-refractivity contribution >= 4 is 35.6 Å². The summed E-state index contributed by atoms with van der Waals surface area (Å²) in [5.41, 5.74) is 7.53. The first-order chi connectivity index (χ1) is 14.0. The molecule has 0 aromatic heterocycles. The largest absolute Gasteiger partial charge is 0.490 e. The van der Waals surface area contributed by atoms with E-state index in [-0.39, 0.29) is 0 Å². The van der Waals surface area contributed by atoms with Crippen molar-refractivity contribution in [2.75, 3.05) is 16.4 Å². The molecule has 3 aromatic carbocycles. The number of hydrogen-bond donors (Lipinski definition) is 6. The first-order valence-electron chi connectivity index (χ1n) is 8.23. The molecule has 29 heavy (non-hydrogen) atoms. The summed E-state index contributed by atoms with van der Waals surface area (Å²) in [6.07, 6.45) is 0. The van der Waals surface area contributed by atoms with Crippen LogP contribution in [0.4, 0.5) is 17.1 Å². The average Bonchev–Trinajstić information content (AvgIpc) is 2.75. The number of anilines is 3. The summed E-state index contributed by atoms with van der Waals surface area (Å²) < 4.78 is 17.6. The van der Waals surface area contributed by atoms with Crippen LogP contribution in [0, 0.1) is 0 Å². The average molecular weight is 435 g/mol. The van der Waals surface area contributed by atoms with E-state index in [0.29, 0.717) is 34.3 Å². The van der Waals surface area contributed by atoms with Crippen molar-refractivity contribution in [2.24, 2.45) is 0 Å². The second kappa shape index (κ2) is 9.46. The third-order valence-corrected chi connectivity index (χ3v) is 5.58. The summed E-state index contributed by atoms with van der Waals surface area (Å²) >= 11 is 5.58. The molecule has 0 spiro atoms. The maximum absolute atomic E-state index is 8.94. The molecular weight excluding hydrogens is 417 g/mol. The van der Waals surface area contributed by atoms with Gasteiger partial charge in [0.1, 0.15) is 17.2 Å². The van der Waals surface area contributed by atoms with Crippen molar-refractivity contribution in [3.8, 4) is 17.2 Å². The van der Waals surface area contributed by atoms with Crippen molar-refractivity contribution in [1.29, 1.82) is 0 Å². The van der Waals surface area contributed by atoms with E-state index in [1.54, 1.807) is 72.8 Å². The minimum atomic E-state index is -3.37. The van der Waals surface area contributed by atoms with Crippen LogP contribution in [-0.4, -0.2) is 15.6 Å².